The summed E-state index contributed by atoms with van der Waals surface area (Å²) >= 11 is 0. The molecule has 2 atom stereocenters. The molecule has 2 rings (SSSR count). The topological polar surface area (TPSA) is 26.0 Å². The predicted molar refractivity (Wildman–Crippen MR) is 65.0 cm³/mol. The van der Waals surface area contributed by atoms with Gasteiger partial charge in [0.25, 0.3) is 0 Å². The van der Waals surface area contributed by atoms with Gasteiger partial charge < -0.3 is 5.73 Å². The van der Waals surface area contributed by atoms with Crippen molar-refractivity contribution in [2.45, 2.75) is 51.0 Å². The minimum absolute atomic E-state index is 0.381. The number of hydrogen-bond donors (Lipinski definition) is 1. The predicted octanol–water partition coefficient (Wildman–Crippen LogP) is 3.23. The smallest absolute Gasteiger partial charge is 0.0111 e. The van der Waals surface area contributed by atoms with Crippen molar-refractivity contribution in [1.29, 1.82) is 0 Å². The summed E-state index contributed by atoms with van der Waals surface area (Å²) in [5.74, 6) is 0.606. The molecule has 1 aromatic rings. The molecule has 15 heavy (non-hydrogen) atoms. The molecule has 1 aliphatic carbocycles. The van der Waals surface area contributed by atoms with Crippen LogP contribution in [0.5, 0.6) is 0 Å². The Morgan fingerprint density at radius 1 is 1.33 bits per heavy atom. The van der Waals surface area contributed by atoms with E-state index < -0.39 is 0 Å². The van der Waals surface area contributed by atoms with Gasteiger partial charge in [0.1, 0.15) is 0 Å². The lowest BCUT2D eigenvalue weighted by molar-refractivity contribution is 0.435. The zero-order valence-corrected chi connectivity index (χ0v) is 9.58. The van der Waals surface area contributed by atoms with Gasteiger partial charge in [0.15, 0.2) is 0 Å². The lowest BCUT2D eigenvalue weighted by atomic mass is 9.77. The van der Waals surface area contributed by atoms with Crippen LogP contribution in [0.1, 0.15) is 49.7 Å². The van der Waals surface area contributed by atoms with E-state index >= 15 is 0 Å². The molecule has 1 aliphatic rings. The number of aryl methyl sites for hydroxylation is 1. The summed E-state index contributed by atoms with van der Waals surface area (Å²) in [4.78, 5) is 0. The Hall–Kier alpha value is -0.820. The number of rotatable bonds is 3. The number of unbranched alkanes of at least 4 members (excludes halogenated alkanes) is 1. The molecule has 0 saturated heterocycles. The highest BCUT2D eigenvalue weighted by Crippen LogP contribution is 2.34. The van der Waals surface area contributed by atoms with E-state index in [9.17, 15) is 0 Å². The summed E-state index contributed by atoms with van der Waals surface area (Å²) in [6.45, 7) is 2.25. The minimum Gasteiger partial charge on any atom is -0.327 e. The van der Waals surface area contributed by atoms with Crippen molar-refractivity contribution in [1.82, 2.24) is 0 Å². The van der Waals surface area contributed by atoms with Gasteiger partial charge in [-0.2, -0.15) is 0 Å². The van der Waals surface area contributed by atoms with Gasteiger partial charge >= 0.3 is 0 Å². The normalized spacial score (nSPS) is 24.9. The van der Waals surface area contributed by atoms with Crippen LogP contribution in [0.3, 0.4) is 0 Å². The monoisotopic (exact) mass is 203 g/mol. The standard InChI is InChI=1S/C14H21N/c1-2-3-7-13-12-8-5-4-6-11(12)9-10-14(13)15/h4-6,8,13-14H,2-3,7,9-10,15H2,1H3. The van der Waals surface area contributed by atoms with Gasteiger partial charge in [-0.05, 0) is 36.3 Å². The Labute approximate surface area is 92.7 Å². The molecule has 0 aromatic heterocycles. The number of fused-ring (bicyclic) bond motifs is 1. The Balaban J connectivity index is 2.21. The first-order chi connectivity index (χ1) is 7.33. The first-order valence-electron chi connectivity index (χ1n) is 6.16. The van der Waals surface area contributed by atoms with Crippen LogP contribution >= 0.6 is 0 Å². The number of benzene rings is 1. The molecule has 0 spiro atoms. The molecule has 2 unspecified atom stereocenters. The zero-order chi connectivity index (χ0) is 10.7. The molecule has 1 aromatic carbocycles. The molecule has 0 bridgehead atoms. The highest BCUT2D eigenvalue weighted by atomic mass is 14.7. The Morgan fingerprint density at radius 3 is 2.93 bits per heavy atom. The van der Waals surface area contributed by atoms with Crippen molar-refractivity contribution < 1.29 is 0 Å². The second-order valence-electron chi connectivity index (χ2n) is 4.65. The third-order valence-electron chi connectivity index (χ3n) is 3.59. The molecule has 2 N–H and O–H groups in total. The van der Waals surface area contributed by atoms with E-state index in [0.29, 0.717) is 12.0 Å². The van der Waals surface area contributed by atoms with Gasteiger partial charge in [0, 0.05) is 6.04 Å². The molecule has 0 aliphatic heterocycles. The van der Waals surface area contributed by atoms with Gasteiger partial charge in [-0.3, -0.25) is 0 Å². The van der Waals surface area contributed by atoms with Crippen molar-refractivity contribution in [2.75, 3.05) is 0 Å². The maximum Gasteiger partial charge on any atom is 0.0111 e. The Bertz CT molecular complexity index is 319. The maximum atomic E-state index is 6.23. The van der Waals surface area contributed by atoms with Crippen LogP contribution in [0.15, 0.2) is 24.3 Å². The molecule has 0 heterocycles. The summed E-state index contributed by atoms with van der Waals surface area (Å²) in [5.41, 5.74) is 9.28. The molecule has 1 heteroatoms. The second kappa shape index (κ2) is 4.80. The van der Waals surface area contributed by atoms with E-state index in [2.05, 4.69) is 31.2 Å². The van der Waals surface area contributed by atoms with Gasteiger partial charge in [0.2, 0.25) is 0 Å². The van der Waals surface area contributed by atoms with E-state index in [1.807, 2.05) is 0 Å². The first-order valence-corrected chi connectivity index (χ1v) is 6.16. The average molecular weight is 203 g/mol. The van der Waals surface area contributed by atoms with Gasteiger partial charge in [0.05, 0.1) is 0 Å². The van der Waals surface area contributed by atoms with Crippen LogP contribution in [0.4, 0.5) is 0 Å². The van der Waals surface area contributed by atoms with Crippen molar-refractivity contribution in [3.63, 3.8) is 0 Å². The SMILES string of the molecule is CCCCC1c2ccccc2CCC1N. The molecule has 0 saturated carbocycles. The number of hydrogen-bond acceptors (Lipinski definition) is 1. The Kier molecular flexibility index (Phi) is 3.42. The summed E-state index contributed by atoms with van der Waals surface area (Å²) in [7, 11) is 0. The first kappa shape index (κ1) is 10.7. The van der Waals surface area contributed by atoms with Gasteiger partial charge in [-0.25, -0.2) is 0 Å². The average Bonchev–Trinajstić information content (AvgIpc) is 2.28. The lowest BCUT2D eigenvalue weighted by Gasteiger charge is -2.31. The lowest BCUT2D eigenvalue weighted by Crippen LogP contribution is -2.33. The highest BCUT2D eigenvalue weighted by molar-refractivity contribution is 5.34. The number of nitrogens with two attached hydrogens (primary N) is 1. The summed E-state index contributed by atoms with van der Waals surface area (Å²) in [6.07, 6.45) is 6.15. The fraction of sp³-hybridized carbons (Fsp3) is 0.571. The molecule has 0 amide bonds. The molecular weight excluding hydrogens is 182 g/mol. The van der Waals surface area contributed by atoms with E-state index in [4.69, 9.17) is 5.73 Å². The van der Waals surface area contributed by atoms with Crippen LogP contribution in [0, 0.1) is 0 Å². The van der Waals surface area contributed by atoms with Crippen molar-refractivity contribution >= 4 is 0 Å². The zero-order valence-electron chi connectivity index (χ0n) is 9.58. The van der Waals surface area contributed by atoms with E-state index in [1.54, 1.807) is 0 Å². The van der Waals surface area contributed by atoms with E-state index in [1.165, 1.54) is 36.8 Å². The van der Waals surface area contributed by atoms with Crippen molar-refractivity contribution in [2.24, 2.45) is 5.73 Å². The van der Waals surface area contributed by atoms with Crippen LogP contribution in [0.2, 0.25) is 0 Å². The van der Waals surface area contributed by atoms with Crippen LogP contribution in [0.25, 0.3) is 0 Å². The van der Waals surface area contributed by atoms with Crippen LogP contribution in [-0.2, 0) is 6.42 Å². The molecule has 82 valence electrons. The third-order valence-corrected chi connectivity index (χ3v) is 3.59. The highest BCUT2D eigenvalue weighted by Gasteiger charge is 2.25. The van der Waals surface area contributed by atoms with Gasteiger partial charge in [-0.15, -0.1) is 0 Å². The second-order valence-corrected chi connectivity index (χ2v) is 4.65. The van der Waals surface area contributed by atoms with Crippen LogP contribution in [-0.4, -0.2) is 6.04 Å². The Morgan fingerprint density at radius 2 is 2.13 bits per heavy atom. The molecule has 0 fully saturated rings. The molecule has 0 radical (unpaired) electrons. The summed E-state index contributed by atoms with van der Waals surface area (Å²) < 4.78 is 0. The maximum absolute atomic E-state index is 6.23. The van der Waals surface area contributed by atoms with Crippen molar-refractivity contribution in [3.05, 3.63) is 35.4 Å². The largest absolute Gasteiger partial charge is 0.327 e. The summed E-state index contributed by atoms with van der Waals surface area (Å²) in [6, 6.07) is 9.21. The van der Waals surface area contributed by atoms with Crippen molar-refractivity contribution in [3.8, 4) is 0 Å². The van der Waals surface area contributed by atoms with E-state index in [-0.39, 0.29) is 0 Å². The minimum atomic E-state index is 0.381. The summed E-state index contributed by atoms with van der Waals surface area (Å²) in [5, 5.41) is 0. The third kappa shape index (κ3) is 2.23. The van der Waals surface area contributed by atoms with Crippen LogP contribution < -0.4 is 5.73 Å². The molecule has 1 nitrogen and oxygen atoms in total. The fourth-order valence-corrected chi connectivity index (χ4v) is 2.67. The van der Waals surface area contributed by atoms with Gasteiger partial charge in [-0.1, -0.05) is 44.0 Å². The van der Waals surface area contributed by atoms with E-state index in [0.717, 1.165) is 6.42 Å². The fourth-order valence-electron chi connectivity index (χ4n) is 2.67. The molecular formula is C14H21N. The quantitative estimate of drug-likeness (QED) is 0.802.